The predicted octanol–water partition coefficient (Wildman–Crippen LogP) is 1.50. The molecule has 14 heteroatoms. The van der Waals surface area contributed by atoms with E-state index in [1.807, 2.05) is 20.8 Å². The highest BCUT2D eigenvalue weighted by atomic mass is 32.2. The Morgan fingerprint density at radius 2 is 1.84 bits per heavy atom. The number of amides is 3. The number of halogens is 3. The van der Waals surface area contributed by atoms with Crippen LogP contribution in [0, 0.1) is 0 Å². The van der Waals surface area contributed by atoms with Gasteiger partial charge in [-0.05, 0) is 6.42 Å². The van der Waals surface area contributed by atoms with Gasteiger partial charge in [0.25, 0.3) is 5.56 Å². The Kier molecular flexibility index (Phi) is 8.04. The van der Waals surface area contributed by atoms with E-state index >= 15 is 0 Å². The maximum Gasteiger partial charge on any atom is 0.405 e. The molecule has 2 aromatic heterocycles. The molecule has 0 aliphatic carbocycles. The Morgan fingerprint density at radius 3 is 2.41 bits per heavy atom. The van der Waals surface area contributed by atoms with Crippen LogP contribution in [0.4, 0.5) is 18.0 Å². The summed E-state index contributed by atoms with van der Waals surface area (Å²) in [5, 5.41) is 3.49. The lowest BCUT2D eigenvalue weighted by molar-refractivity contribution is -0.124. The summed E-state index contributed by atoms with van der Waals surface area (Å²) in [4.78, 5) is 57.6. The number of rotatable bonds is 7. The van der Waals surface area contributed by atoms with Crippen LogP contribution in [0.1, 0.15) is 38.9 Å². The van der Waals surface area contributed by atoms with Crippen molar-refractivity contribution in [2.45, 2.75) is 50.9 Å². The van der Waals surface area contributed by atoms with Crippen LogP contribution in [-0.2, 0) is 18.4 Å². The third-order valence-corrected chi connectivity index (χ3v) is 5.15. The average Bonchev–Trinajstić information content (AvgIpc) is 2.71. The van der Waals surface area contributed by atoms with E-state index in [4.69, 9.17) is 0 Å². The highest BCUT2D eigenvalue weighted by molar-refractivity contribution is 8.00. The number of aromatic nitrogens is 4. The molecule has 0 saturated heterocycles. The number of nitrogens with zero attached hydrogens (tertiary/aromatic N) is 4. The van der Waals surface area contributed by atoms with Crippen molar-refractivity contribution in [3.8, 4) is 0 Å². The highest BCUT2D eigenvalue weighted by Crippen LogP contribution is 2.24. The molecule has 10 nitrogen and oxygen atoms in total. The number of aryl methyl sites for hydroxylation is 1. The van der Waals surface area contributed by atoms with Crippen molar-refractivity contribution in [1.82, 2.24) is 29.7 Å². The van der Waals surface area contributed by atoms with Gasteiger partial charge in [0, 0.05) is 19.5 Å². The molecule has 2 rings (SSSR count). The average molecular weight is 476 g/mol. The number of nitrogens with one attached hydrogen (secondary N) is 2. The summed E-state index contributed by atoms with van der Waals surface area (Å²) in [5.74, 6) is -1.10. The van der Waals surface area contributed by atoms with E-state index in [2.05, 4.69) is 9.97 Å². The quantitative estimate of drug-likeness (QED) is 0.458. The highest BCUT2D eigenvalue weighted by Gasteiger charge is 2.28. The fourth-order valence-electron chi connectivity index (χ4n) is 2.66. The number of carbonyl (C=O) groups excluding carboxylic acids is 2. The van der Waals surface area contributed by atoms with Crippen LogP contribution in [0.5, 0.6) is 0 Å². The second-order valence-corrected chi connectivity index (χ2v) is 8.14. The van der Waals surface area contributed by atoms with Crippen LogP contribution in [0.3, 0.4) is 0 Å². The Bertz CT molecular complexity index is 1140. The van der Waals surface area contributed by atoms with Crippen molar-refractivity contribution in [3.05, 3.63) is 26.7 Å². The Balaban J connectivity index is 2.39. The molecule has 0 radical (unpaired) electrons. The number of imide groups is 1. The van der Waals surface area contributed by atoms with E-state index in [0.29, 0.717) is 18.8 Å². The minimum Gasteiger partial charge on any atom is -0.329 e. The van der Waals surface area contributed by atoms with Crippen molar-refractivity contribution in [2.75, 3.05) is 12.3 Å². The molecule has 0 bridgehead atoms. The molecule has 0 aliphatic heterocycles. The van der Waals surface area contributed by atoms with Crippen molar-refractivity contribution >= 4 is 34.7 Å². The molecule has 3 amide bonds. The number of thioether (sulfide) groups is 1. The van der Waals surface area contributed by atoms with Crippen LogP contribution in [0.2, 0.25) is 0 Å². The van der Waals surface area contributed by atoms with E-state index in [-0.39, 0.29) is 22.0 Å². The number of urea groups is 1. The molecular formula is C18H23F3N6O4S. The number of hydrogen-bond donors (Lipinski definition) is 2. The maximum atomic E-state index is 12.8. The van der Waals surface area contributed by atoms with Gasteiger partial charge in [0.1, 0.15) is 22.8 Å². The van der Waals surface area contributed by atoms with E-state index in [1.54, 1.807) is 5.32 Å². The Hall–Kier alpha value is -2.90. The van der Waals surface area contributed by atoms with Gasteiger partial charge in [-0.3, -0.25) is 24.0 Å². The number of alkyl halides is 3. The maximum absolute atomic E-state index is 12.8. The molecular weight excluding hydrogens is 453 g/mol. The zero-order valence-electron chi connectivity index (χ0n) is 17.9. The van der Waals surface area contributed by atoms with Crippen LogP contribution < -0.4 is 21.9 Å². The first-order chi connectivity index (χ1) is 14.9. The Labute approximate surface area is 184 Å². The summed E-state index contributed by atoms with van der Waals surface area (Å²) >= 11 is 0.817. The van der Waals surface area contributed by atoms with Crippen LogP contribution >= 0.6 is 11.8 Å². The fourth-order valence-corrected chi connectivity index (χ4v) is 3.48. The largest absolute Gasteiger partial charge is 0.405 e. The number of fused-ring (bicyclic) bond motifs is 1. The first-order valence-electron chi connectivity index (χ1n) is 9.64. The Morgan fingerprint density at radius 1 is 1.19 bits per heavy atom. The molecule has 0 aliphatic rings. The van der Waals surface area contributed by atoms with Gasteiger partial charge >= 0.3 is 17.9 Å². The summed E-state index contributed by atoms with van der Waals surface area (Å²) < 4.78 is 38.8. The lowest BCUT2D eigenvalue weighted by atomic mass is 10.2. The molecule has 2 N–H and O–H groups in total. The minimum atomic E-state index is -4.61. The van der Waals surface area contributed by atoms with Gasteiger partial charge < -0.3 is 5.32 Å². The zero-order chi connectivity index (χ0) is 24.2. The van der Waals surface area contributed by atoms with E-state index in [9.17, 15) is 32.3 Å². The van der Waals surface area contributed by atoms with E-state index in [1.165, 1.54) is 16.9 Å². The van der Waals surface area contributed by atoms with E-state index in [0.717, 1.165) is 16.3 Å². The van der Waals surface area contributed by atoms with Crippen molar-refractivity contribution in [2.24, 2.45) is 7.05 Å². The second-order valence-electron chi connectivity index (χ2n) is 7.17. The number of carbonyl (C=O) groups is 2. The molecule has 0 aromatic carbocycles. The topological polar surface area (TPSA) is 128 Å². The van der Waals surface area contributed by atoms with Gasteiger partial charge in [-0.2, -0.15) is 13.2 Å². The second kappa shape index (κ2) is 10.1. The normalized spacial score (nSPS) is 11.8. The lowest BCUT2D eigenvalue weighted by Crippen LogP contribution is -2.44. The van der Waals surface area contributed by atoms with Crippen molar-refractivity contribution in [3.63, 3.8) is 0 Å². The molecule has 0 atom stereocenters. The fraction of sp³-hybridized carbons (Fsp3) is 0.556. The summed E-state index contributed by atoms with van der Waals surface area (Å²) in [5.41, 5.74) is -1.03. The zero-order valence-corrected chi connectivity index (χ0v) is 18.7. The van der Waals surface area contributed by atoms with Gasteiger partial charge in [0.2, 0.25) is 5.91 Å². The van der Waals surface area contributed by atoms with Crippen molar-refractivity contribution < 1.29 is 22.8 Å². The molecule has 32 heavy (non-hydrogen) atoms. The molecule has 176 valence electrons. The van der Waals surface area contributed by atoms with E-state index < -0.39 is 41.7 Å². The summed E-state index contributed by atoms with van der Waals surface area (Å²) in [7, 11) is 1.32. The van der Waals surface area contributed by atoms with Crippen LogP contribution in [0.15, 0.2) is 14.6 Å². The molecule has 0 spiro atoms. The van der Waals surface area contributed by atoms with Crippen LogP contribution in [0.25, 0.3) is 11.0 Å². The van der Waals surface area contributed by atoms with Crippen LogP contribution in [-0.4, -0.2) is 49.5 Å². The standard InChI is InChI=1S/C18H23F3N6O4S/c1-5-6-27-13-11(15(29)26(4)17(27)31)14(25-12(24-13)9(2)3)32-7-10(28)23-16(30)22-8-18(19,20)21/h9H,5-8H2,1-4H3,(H2,22,23,28,30). The van der Waals surface area contributed by atoms with Gasteiger partial charge in [0.05, 0.1) is 5.75 Å². The minimum absolute atomic E-state index is 0.0456. The lowest BCUT2D eigenvalue weighted by Gasteiger charge is -2.15. The third-order valence-electron chi connectivity index (χ3n) is 4.17. The summed E-state index contributed by atoms with van der Waals surface area (Å²) in [6.07, 6.45) is -4.01. The number of hydrogen-bond acceptors (Lipinski definition) is 7. The molecule has 0 saturated carbocycles. The molecule has 0 fully saturated rings. The van der Waals surface area contributed by atoms with Gasteiger partial charge in [0.15, 0.2) is 5.65 Å². The van der Waals surface area contributed by atoms with Crippen molar-refractivity contribution in [1.29, 1.82) is 0 Å². The van der Waals surface area contributed by atoms with Gasteiger partial charge in [-0.1, -0.05) is 32.5 Å². The predicted molar refractivity (Wildman–Crippen MR) is 112 cm³/mol. The first kappa shape index (κ1) is 25.4. The smallest absolute Gasteiger partial charge is 0.329 e. The monoisotopic (exact) mass is 476 g/mol. The SMILES string of the molecule is CCCn1c(=O)n(C)c(=O)c2c(SCC(=O)NC(=O)NCC(F)(F)F)nc(C(C)C)nc21. The molecule has 2 aromatic rings. The third kappa shape index (κ3) is 6.08. The van der Waals surface area contributed by atoms with Gasteiger partial charge in [-0.25, -0.2) is 19.6 Å². The van der Waals surface area contributed by atoms with Gasteiger partial charge in [-0.15, -0.1) is 0 Å². The molecule has 2 heterocycles. The summed E-state index contributed by atoms with van der Waals surface area (Å²) in [6.45, 7) is 4.21. The summed E-state index contributed by atoms with van der Waals surface area (Å²) in [6, 6.07) is -1.30. The first-order valence-corrected chi connectivity index (χ1v) is 10.6. The molecule has 0 unspecified atom stereocenters.